The van der Waals surface area contributed by atoms with E-state index in [1.54, 1.807) is 0 Å². The molecule has 0 bridgehead atoms. The number of hydrogen-bond donors (Lipinski definition) is 0. The van der Waals surface area contributed by atoms with E-state index in [4.69, 9.17) is 0 Å². The monoisotopic (exact) mass is 266 g/mol. The zero-order chi connectivity index (χ0) is 14.6. The van der Waals surface area contributed by atoms with Crippen molar-refractivity contribution in [1.82, 2.24) is 9.88 Å². The highest BCUT2D eigenvalue weighted by molar-refractivity contribution is 5.95. The summed E-state index contributed by atoms with van der Waals surface area (Å²) in [5.74, 6) is -0.0713. The van der Waals surface area contributed by atoms with Crippen LogP contribution < -0.4 is 0 Å². The quantitative estimate of drug-likeness (QED) is 0.742. The number of ketones is 1. The van der Waals surface area contributed by atoms with Crippen molar-refractivity contribution in [3.05, 3.63) is 29.8 Å². The zero-order valence-electron chi connectivity index (χ0n) is 12.4. The first-order valence-electron chi connectivity index (χ1n) is 6.69. The molecule has 1 aromatic rings. The molecule has 0 aliphatic rings. The Balaban J connectivity index is 2.65. The maximum Gasteiger partial charge on any atom is 0.185 e. The molecule has 19 heavy (non-hydrogen) atoms. The van der Waals surface area contributed by atoms with Gasteiger partial charge in [0.15, 0.2) is 5.78 Å². The summed E-state index contributed by atoms with van der Waals surface area (Å²) < 4.78 is 12.8. The van der Waals surface area contributed by atoms with Gasteiger partial charge in [0.25, 0.3) is 0 Å². The Morgan fingerprint density at radius 2 is 1.95 bits per heavy atom. The van der Waals surface area contributed by atoms with Gasteiger partial charge in [0, 0.05) is 18.5 Å². The van der Waals surface area contributed by atoms with Crippen molar-refractivity contribution >= 4 is 5.78 Å². The highest BCUT2D eigenvalue weighted by atomic mass is 19.1. The van der Waals surface area contributed by atoms with Crippen molar-refractivity contribution in [2.24, 2.45) is 11.8 Å². The topological polar surface area (TPSA) is 33.2 Å². The number of Topliss-reactive ketones (excluding diaryl/α,β-unsaturated/α-hetero) is 1. The number of halogens is 1. The predicted molar refractivity (Wildman–Crippen MR) is 74.6 cm³/mol. The average molecular weight is 266 g/mol. The summed E-state index contributed by atoms with van der Waals surface area (Å²) in [6, 6.07) is 3.13. The molecule has 0 N–H and O–H groups in total. The highest BCUT2D eigenvalue weighted by Crippen LogP contribution is 2.13. The van der Waals surface area contributed by atoms with Crippen LogP contribution >= 0.6 is 0 Å². The van der Waals surface area contributed by atoms with Gasteiger partial charge in [0.2, 0.25) is 0 Å². The molecule has 1 rings (SSSR count). The number of pyridine rings is 1. The van der Waals surface area contributed by atoms with Gasteiger partial charge >= 0.3 is 0 Å². The second-order valence-electron chi connectivity index (χ2n) is 5.55. The molecule has 3 nitrogen and oxygen atoms in total. The SMILES string of the molecule is CC(CN(C)C(C)C(C)C)C(=O)c1ccc(F)cn1. The van der Waals surface area contributed by atoms with Crippen LogP contribution in [0.5, 0.6) is 0 Å². The molecule has 106 valence electrons. The first kappa shape index (κ1) is 15.8. The molecule has 2 atom stereocenters. The molecule has 0 radical (unpaired) electrons. The normalized spacial score (nSPS) is 14.7. The second-order valence-corrected chi connectivity index (χ2v) is 5.55. The summed E-state index contributed by atoms with van der Waals surface area (Å²) in [7, 11) is 2.02. The molecule has 4 heteroatoms. The summed E-state index contributed by atoms with van der Waals surface area (Å²) in [6.07, 6.45) is 1.08. The summed E-state index contributed by atoms with van der Waals surface area (Å²) in [5, 5.41) is 0. The Kier molecular flexibility index (Phi) is 5.60. The minimum Gasteiger partial charge on any atom is -0.303 e. The van der Waals surface area contributed by atoms with Crippen molar-refractivity contribution in [2.45, 2.75) is 33.7 Å². The first-order valence-corrected chi connectivity index (χ1v) is 6.69. The third kappa shape index (κ3) is 4.39. The van der Waals surface area contributed by atoms with Crippen LogP contribution in [0.4, 0.5) is 4.39 Å². The van der Waals surface area contributed by atoms with Crippen LogP contribution in [0.25, 0.3) is 0 Å². The molecular weight excluding hydrogens is 243 g/mol. The molecule has 0 saturated carbocycles. The molecule has 2 unspecified atom stereocenters. The fourth-order valence-corrected chi connectivity index (χ4v) is 1.96. The highest BCUT2D eigenvalue weighted by Gasteiger charge is 2.21. The van der Waals surface area contributed by atoms with Gasteiger partial charge in [-0.3, -0.25) is 9.78 Å². The van der Waals surface area contributed by atoms with Crippen molar-refractivity contribution < 1.29 is 9.18 Å². The molecule has 1 aromatic heterocycles. The lowest BCUT2D eigenvalue weighted by Gasteiger charge is -2.29. The van der Waals surface area contributed by atoms with E-state index in [1.807, 2.05) is 14.0 Å². The molecule has 0 fully saturated rings. The number of aromatic nitrogens is 1. The van der Waals surface area contributed by atoms with Gasteiger partial charge in [-0.25, -0.2) is 4.39 Å². The van der Waals surface area contributed by atoms with Gasteiger partial charge < -0.3 is 4.90 Å². The minimum atomic E-state index is -0.422. The Morgan fingerprint density at radius 1 is 1.32 bits per heavy atom. The van der Waals surface area contributed by atoms with E-state index in [9.17, 15) is 9.18 Å². The molecule has 0 aliphatic carbocycles. The van der Waals surface area contributed by atoms with Gasteiger partial charge in [-0.2, -0.15) is 0 Å². The van der Waals surface area contributed by atoms with Crippen molar-refractivity contribution in [1.29, 1.82) is 0 Å². The zero-order valence-corrected chi connectivity index (χ0v) is 12.4. The van der Waals surface area contributed by atoms with E-state index in [2.05, 4.69) is 30.7 Å². The Hall–Kier alpha value is -1.29. The number of hydrogen-bond acceptors (Lipinski definition) is 3. The summed E-state index contributed by atoms with van der Waals surface area (Å²) >= 11 is 0. The lowest BCUT2D eigenvalue weighted by molar-refractivity contribution is 0.0872. The summed E-state index contributed by atoms with van der Waals surface area (Å²) in [6.45, 7) is 9.04. The number of carbonyl (C=O) groups is 1. The number of rotatable bonds is 6. The van der Waals surface area contributed by atoms with Gasteiger partial charge in [0.05, 0.1) is 6.20 Å². The van der Waals surface area contributed by atoms with E-state index < -0.39 is 5.82 Å². The van der Waals surface area contributed by atoms with Crippen LogP contribution in [0.1, 0.15) is 38.2 Å². The van der Waals surface area contributed by atoms with E-state index in [0.717, 1.165) is 6.20 Å². The second kappa shape index (κ2) is 6.75. The summed E-state index contributed by atoms with van der Waals surface area (Å²) in [5.41, 5.74) is 0.333. The van der Waals surface area contributed by atoms with Crippen LogP contribution in [0.3, 0.4) is 0 Å². The lowest BCUT2D eigenvalue weighted by atomic mass is 9.99. The Labute approximate surface area is 114 Å². The fraction of sp³-hybridized carbons (Fsp3) is 0.600. The van der Waals surface area contributed by atoms with Crippen LogP contribution in [-0.4, -0.2) is 35.3 Å². The molecule has 0 aliphatic heterocycles. The van der Waals surface area contributed by atoms with Gasteiger partial charge in [0.1, 0.15) is 11.5 Å². The standard InChI is InChI=1S/C15H23FN2O/c1-10(2)12(4)18(5)9-11(3)15(19)14-7-6-13(16)8-17-14/h6-8,10-12H,9H2,1-5H3. The molecular formula is C15H23FN2O. The third-order valence-corrected chi connectivity index (χ3v) is 3.65. The Morgan fingerprint density at radius 3 is 2.42 bits per heavy atom. The van der Waals surface area contributed by atoms with Crippen LogP contribution in [0, 0.1) is 17.7 Å². The molecule has 0 amide bonds. The first-order chi connectivity index (χ1) is 8.82. The molecule has 0 saturated heterocycles. The van der Waals surface area contributed by atoms with Crippen LogP contribution in [-0.2, 0) is 0 Å². The largest absolute Gasteiger partial charge is 0.303 e. The van der Waals surface area contributed by atoms with E-state index >= 15 is 0 Å². The summed E-state index contributed by atoms with van der Waals surface area (Å²) in [4.78, 5) is 18.2. The molecule has 0 aromatic carbocycles. The minimum absolute atomic E-state index is 0.0391. The fourth-order valence-electron chi connectivity index (χ4n) is 1.96. The van der Waals surface area contributed by atoms with Crippen molar-refractivity contribution in [2.75, 3.05) is 13.6 Å². The van der Waals surface area contributed by atoms with Gasteiger partial charge in [-0.05, 0) is 32.0 Å². The average Bonchev–Trinajstić information content (AvgIpc) is 2.37. The van der Waals surface area contributed by atoms with Gasteiger partial charge in [-0.1, -0.05) is 20.8 Å². The van der Waals surface area contributed by atoms with Crippen LogP contribution in [0.15, 0.2) is 18.3 Å². The molecule has 1 heterocycles. The third-order valence-electron chi connectivity index (χ3n) is 3.65. The van der Waals surface area contributed by atoms with Gasteiger partial charge in [-0.15, -0.1) is 0 Å². The van der Waals surface area contributed by atoms with Crippen LogP contribution in [0.2, 0.25) is 0 Å². The Bertz CT molecular complexity index is 417. The predicted octanol–water partition coefficient (Wildman–Crippen LogP) is 3.02. The number of carbonyl (C=O) groups excluding carboxylic acids is 1. The lowest BCUT2D eigenvalue weighted by Crippen LogP contribution is -2.38. The molecule has 0 spiro atoms. The van der Waals surface area contributed by atoms with Crippen molar-refractivity contribution in [3.8, 4) is 0 Å². The maximum atomic E-state index is 12.8. The van der Waals surface area contributed by atoms with Crippen molar-refractivity contribution in [3.63, 3.8) is 0 Å². The van der Waals surface area contributed by atoms with E-state index in [-0.39, 0.29) is 11.7 Å². The van der Waals surface area contributed by atoms with E-state index in [1.165, 1.54) is 12.1 Å². The maximum absolute atomic E-state index is 12.8. The van der Waals surface area contributed by atoms with E-state index in [0.29, 0.717) is 24.2 Å². The number of nitrogens with zero attached hydrogens (tertiary/aromatic N) is 2. The smallest absolute Gasteiger partial charge is 0.185 e.